The van der Waals surface area contributed by atoms with Crippen LogP contribution in [0.3, 0.4) is 0 Å². The molecule has 3 aromatic carbocycles. The maximum absolute atomic E-state index is 15.1. The van der Waals surface area contributed by atoms with Crippen LogP contribution in [-0.2, 0) is 12.8 Å². The molecule has 0 spiro atoms. The molecule has 0 fully saturated rings. The van der Waals surface area contributed by atoms with Crippen molar-refractivity contribution in [2.24, 2.45) is 5.11 Å². The molecule has 3 aromatic rings. The van der Waals surface area contributed by atoms with Crippen LogP contribution in [0.25, 0.3) is 27.5 Å². The lowest BCUT2D eigenvalue weighted by atomic mass is 10.1. The van der Waals surface area contributed by atoms with Gasteiger partial charge in [0.2, 0.25) is 8.32 Å². The number of H-pyrrole nitrogens is 1. The average Bonchev–Trinajstić information content (AvgIpc) is 3.41. The third-order valence-electron chi connectivity index (χ3n) is 9.66. The number of benzene rings is 3. The number of rotatable bonds is 17. The normalized spacial score (nSPS) is 11.8. The first-order chi connectivity index (χ1) is 24.4. The van der Waals surface area contributed by atoms with E-state index < -0.39 is 14.1 Å². The monoisotopic (exact) mass is 708 g/mol. The fourth-order valence-corrected chi connectivity index (χ4v) is 6.73. The summed E-state index contributed by atoms with van der Waals surface area (Å²) in [7, 11) is -1.99. The van der Waals surface area contributed by atoms with Gasteiger partial charge in [0, 0.05) is 30.5 Å². The molecule has 0 amide bonds. The Morgan fingerprint density at radius 2 is 1.63 bits per heavy atom. The number of ether oxygens (including phenoxy) is 1. The van der Waals surface area contributed by atoms with E-state index in [9.17, 15) is 4.79 Å². The van der Waals surface area contributed by atoms with Crippen molar-refractivity contribution in [1.82, 2.24) is 14.5 Å². The van der Waals surface area contributed by atoms with Gasteiger partial charge in [-0.1, -0.05) is 88.0 Å². The van der Waals surface area contributed by atoms with Gasteiger partial charge in [0.15, 0.2) is 17.4 Å². The summed E-state index contributed by atoms with van der Waals surface area (Å²) in [5, 5.41) is 3.63. The van der Waals surface area contributed by atoms with Crippen LogP contribution in [0.4, 0.5) is 4.39 Å². The topological polar surface area (TPSA) is 118 Å². The van der Waals surface area contributed by atoms with Crippen LogP contribution < -0.4 is 14.7 Å². The summed E-state index contributed by atoms with van der Waals surface area (Å²) in [5.41, 5.74) is 12.7. The number of azide groups is 1. The van der Waals surface area contributed by atoms with Crippen LogP contribution in [0.15, 0.2) is 88.9 Å². The van der Waals surface area contributed by atoms with E-state index in [-0.39, 0.29) is 22.8 Å². The molecular formula is C40H49FN6O3Si. The summed E-state index contributed by atoms with van der Waals surface area (Å²) >= 11 is 0. The molecule has 0 aromatic heterocycles. The minimum absolute atomic E-state index is 0.0830. The van der Waals surface area contributed by atoms with Crippen LogP contribution in [0, 0.1) is 5.82 Å². The number of unbranched alkanes of at least 4 members (excludes halogenated alkanes) is 5. The number of hydrogen-bond donors (Lipinski definition) is 1. The van der Waals surface area contributed by atoms with E-state index in [4.69, 9.17) is 19.7 Å². The summed E-state index contributed by atoms with van der Waals surface area (Å²) in [6, 6.07) is 22.9. The molecule has 0 saturated heterocycles. The smallest absolute Gasteiger partial charge is 0.278 e. The van der Waals surface area contributed by atoms with Gasteiger partial charge in [0.1, 0.15) is 11.4 Å². The molecule has 268 valence electrons. The van der Waals surface area contributed by atoms with Crippen LogP contribution >= 0.6 is 0 Å². The van der Waals surface area contributed by atoms with Crippen molar-refractivity contribution in [1.29, 1.82) is 0 Å². The molecule has 1 N–H and O–H groups in total. The van der Waals surface area contributed by atoms with Gasteiger partial charge in [-0.2, -0.15) is 0 Å². The minimum Gasteiger partial charge on any atom is -0.544 e. The van der Waals surface area contributed by atoms with E-state index in [1.54, 1.807) is 22.9 Å². The number of nitrogens with one attached hydrogen (secondary N) is 1. The highest BCUT2D eigenvalue weighted by Crippen LogP contribution is 2.37. The van der Waals surface area contributed by atoms with Gasteiger partial charge in [-0.25, -0.2) is 9.37 Å². The summed E-state index contributed by atoms with van der Waals surface area (Å²) in [6.07, 6.45) is 8.43. The quantitative estimate of drug-likeness (QED) is 0.0340. The molecule has 5 rings (SSSR count). The maximum Gasteiger partial charge on any atom is 0.278 e. The number of fused-ring (bicyclic) bond motifs is 1. The van der Waals surface area contributed by atoms with Gasteiger partial charge in [-0.15, -0.1) is 0 Å². The molecule has 0 saturated carbocycles. The second kappa shape index (κ2) is 16.9. The van der Waals surface area contributed by atoms with Gasteiger partial charge < -0.3 is 14.1 Å². The Hall–Kier alpha value is -4.86. The molecule has 11 heteroatoms. The summed E-state index contributed by atoms with van der Waals surface area (Å²) < 4.78 is 28.9. The van der Waals surface area contributed by atoms with Gasteiger partial charge in [0.25, 0.3) is 5.56 Å². The zero-order valence-electron chi connectivity index (χ0n) is 30.4. The van der Waals surface area contributed by atoms with Crippen LogP contribution in [0.5, 0.6) is 11.5 Å². The first kappa shape index (κ1) is 37.4. The first-order valence-electron chi connectivity index (χ1n) is 17.8. The van der Waals surface area contributed by atoms with E-state index in [2.05, 4.69) is 61.0 Å². The van der Waals surface area contributed by atoms with Crippen LogP contribution in [0.1, 0.15) is 81.8 Å². The van der Waals surface area contributed by atoms with E-state index in [1.165, 1.54) is 6.07 Å². The zero-order valence-corrected chi connectivity index (χ0v) is 31.4. The highest BCUT2D eigenvalue weighted by molar-refractivity contribution is 6.74. The number of aromatic amines is 1. The van der Waals surface area contributed by atoms with E-state index in [0.717, 1.165) is 66.8 Å². The summed E-state index contributed by atoms with van der Waals surface area (Å²) in [5.74, 6) is 1.14. The molecule has 51 heavy (non-hydrogen) atoms. The van der Waals surface area contributed by atoms with Crippen molar-refractivity contribution in [2.75, 3.05) is 13.2 Å². The Labute approximate surface area is 301 Å². The largest absolute Gasteiger partial charge is 0.544 e. The fourth-order valence-electron chi connectivity index (χ4n) is 5.70. The number of aromatic nitrogens is 3. The number of nitrogens with zero attached hydrogens (tertiary/aromatic N) is 5. The second-order valence-corrected chi connectivity index (χ2v) is 19.3. The van der Waals surface area contributed by atoms with E-state index in [0.29, 0.717) is 36.6 Å². The van der Waals surface area contributed by atoms with Gasteiger partial charge in [-0.05, 0) is 89.6 Å². The van der Waals surface area contributed by atoms with Crippen molar-refractivity contribution in [3.8, 4) is 28.6 Å². The third kappa shape index (κ3) is 9.89. The summed E-state index contributed by atoms with van der Waals surface area (Å²) in [4.78, 5) is 25.0. The Kier molecular flexibility index (Phi) is 12.4. The highest BCUT2D eigenvalue weighted by atomic mass is 28.4. The van der Waals surface area contributed by atoms with Crippen molar-refractivity contribution >= 4 is 8.32 Å². The Morgan fingerprint density at radius 1 is 0.922 bits per heavy atom. The predicted octanol–water partition coefficient (Wildman–Crippen LogP) is 10.4. The van der Waals surface area contributed by atoms with Gasteiger partial charge in [0.05, 0.1) is 18.0 Å². The number of imidazole rings is 1. The molecule has 0 atom stereocenters. The molecule has 0 unspecified atom stereocenters. The minimum atomic E-state index is -1.99. The molecule has 0 bridgehead atoms. The Bertz CT molecular complexity index is 1960. The molecule has 9 nitrogen and oxygen atoms in total. The zero-order chi connectivity index (χ0) is 36.4. The first-order valence-corrected chi connectivity index (χ1v) is 20.7. The van der Waals surface area contributed by atoms with Crippen molar-refractivity contribution in [3.05, 3.63) is 128 Å². The average molecular weight is 709 g/mol. The highest BCUT2D eigenvalue weighted by Gasteiger charge is 2.39. The van der Waals surface area contributed by atoms with Crippen molar-refractivity contribution < 1.29 is 13.6 Å². The lowest BCUT2D eigenvalue weighted by Gasteiger charge is -2.36. The molecular weight excluding hydrogens is 660 g/mol. The van der Waals surface area contributed by atoms with Crippen molar-refractivity contribution in [3.63, 3.8) is 0 Å². The van der Waals surface area contributed by atoms with Crippen LogP contribution in [0.2, 0.25) is 18.1 Å². The summed E-state index contributed by atoms with van der Waals surface area (Å²) in [6.45, 7) is 12.1. The molecule has 0 radical (unpaired) electrons. The van der Waals surface area contributed by atoms with Gasteiger partial charge in [-0.3, -0.25) is 9.36 Å². The Morgan fingerprint density at radius 3 is 2.31 bits per heavy atom. The van der Waals surface area contributed by atoms with E-state index >= 15 is 4.39 Å². The van der Waals surface area contributed by atoms with Crippen molar-refractivity contribution in [2.45, 2.75) is 90.3 Å². The maximum atomic E-state index is 15.1. The molecule has 0 aliphatic carbocycles. The standard InChI is InChI=1S/C40H49FN6O3Si/c1-40(2,3)51(4,5)50-32-20-18-31(19-21-32)36-28-47-38(34(44-36)26-29-15-11-10-12-16-29)45-35(39(47)48)27-30-17-22-37(33(41)25-30)49-24-14-9-7-6-8-13-23-43-46-42/h10-12,15-22,25,28,44H,6-9,13-14,23-24,26-27H2,1-5H3. The second-order valence-electron chi connectivity index (χ2n) is 14.6. The molecule has 2 aliphatic heterocycles. The van der Waals surface area contributed by atoms with Gasteiger partial charge >= 0.3 is 0 Å². The SMILES string of the molecule is CC(C)(C)[Si](C)(C)Oc1ccc(-c2cn3c(=O)c(Cc4ccc(OCCCCCCCCN=[N+]=[N-])c(F)c4)nc-3c(Cc3ccccc3)[nH]2)cc1. The Balaban J connectivity index is 1.31. The third-order valence-corrected chi connectivity index (χ3v) is 14.0. The van der Waals surface area contributed by atoms with E-state index in [1.807, 2.05) is 42.5 Å². The number of hydrogen-bond acceptors (Lipinski definition) is 5. The lowest BCUT2D eigenvalue weighted by molar-refractivity contribution is 0.290. The molecule has 2 heterocycles. The predicted molar refractivity (Wildman–Crippen MR) is 204 cm³/mol. The number of halogens is 1. The molecule has 2 aliphatic rings. The van der Waals surface area contributed by atoms with Crippen LogP contribution in [-0.4, -0.2) is 36.0 Å². The fraction of sp³-hybridized carbons (Fsp3) is 0.400. The lowest BCUT2D eigenvalue weighted by Crippen LogP contribution is -2.43.